The van der Waals surface area contributed by atoms with Crippen LogP contribution >= 0.6 is 0 Å². The van der Waals surface area contributed by atoms with E-state index in [0.717, 1.165) is 11.3 Å². The lowest BCUT2D eigenvalue weighted by Crippen LogP contribution is -2.00. The van der Waals surface area contributed by atoms with Gasteiger partial charge in [0.25, 0.3) is 0 Å². The van der Waals surface area contributed by atoms with Crippen molar-refractivity contribution in [3.63, 3.8) is 0 Å². The van der Waals surface area contributed by atoms with Crippen LogP contribution in [-0.4, -0.2) is 20.2 Å². The first-order valence-corrected chi connectivity index (χ1v) is 4.92. The first-order valence-electron chi connectivity index (χ1n) is 4.92. The van der Waals surface area contributed by atoms with E-state index in [2.05, 4.69) is 15.4 Å². The lowest BCUT2D eigenvalue weighted by molar-refractivity contribution is 0.295. The minimum absolute atomic E-state index is 0.315. The van der Waals surface area contributed by atoms with Gasteiger partial charge in [-0.25, -0.2) is 0 Å². The summed E-state index contributed by atoms with van der Waals surface area (Å²) >= 11 is 0. The monoisotopic (exact) mass is 219 g/mol. The molecule has 1 aromatic heterocycles. The van der Waals surface area contributed by atoms with E-state index in [1.807, 2.05) is 24.3 Å². The average molecular weight is 219 g/mol. The zero-order chi connectivity index (χ0) is 11.4. The van der Waals surface area contributed by atoms with Crippen LogP contribution in [0.3, 0.4) is 0 Å². The van der Waals surface area contributed by atoms with Crippen molar-refractivity contribution in [1.82, 2.24) is 20.2 Å². The van der Waals surface area contributed by atoms with Crippen LogP contribution in [0.1, 0.15) is 11.4 Å². The maximum atomic E-state index is 5.50. The van der Waals surface area contributed by atoms with E-state index in [-0.39, 0.29) is 0 Å². The smallest absolute Gasteiger partial charge is 0.212 e. The second-order valence-electron chi connectivity index (χ2n) is 3.33. The number of hydrogen-bond donors (Lipinski definition) is 1. The molecule has 2 aromatic rings. The summed E-state index contributed by atoms with van der Waals surface area (Å²) in [5, 5.41) is 11.5. The fourth-order valence-corrected chi connectivity index (χ4v) is 1.25. The Labute approximate surface area is 93.0 Å². The van der Waals surface area contributed by atoms with Crippen LogP contribution in [0.4, 0.5) is 0 Å². The summed E-state index contributed by atoms with van der Waals surface area (Å²) in [5.41, 5.74) is 6.57. The molecule has 0 bridgehead atoms. The van der Waals surface area contributed by atoms with E-state index < -0.39 is 0 Å². The maximum Gasteiger partial charge on any atom is 0.212 e. The second kappa shape index (κ2) is 4.71. The fourth-order valence-electron chi connectivity index (χ4n) is 1.25. The van der Waals surface area contributed by atoms with E-state index in [4.69, 9.17) is 10.5 Å². The van der Waals surface area contributed by atoms with Gasteiger partial charge >= 0.3 is 0 Å². The predicted octanol–water partition coefficient (Wildman–Crippen LogP) is 0.248. The minimum Gasteiger partial charge on any atom is -0.485 e. The summed E-state index contributed by atoms with van der Waals surface area (Å²) in [6, 6.07) is 7.61. The number of ether oxygens (including phenoxy) is 1. The van der Waals surface area contributed by atoms with Gasteiger partial charge in [0, 0.05) is 6.54 Å². The Morgan fingerprint density at radius 1 is 1.31 bits per heavy atom. The molecule has 2 N–H and O–H groups in total. The number of hydrogen-bond acceptors (Lipinski definition) is 5. The zero-order valence-corrected chi connectivity index (χ0v) is 9.00. The molecule has 1 aromatic carbocycles. The molecule has 2 rings (SSSR count). The number of rotatable bonds is 4. The third kappa shape index (κ3) is 2.54. The highest BCUT2D eigenvalue weighted by molar-refractivity contribution is 5.27. The molecule has 1 heterocycles. The molecular formula is C10H13N5O. The number of tetrazole rings is 1. The van der Waals surface area contributed by atoms with Gasteiger partial charge in [-0.2, -0.15) is 4.80 Å². The van der Waals surface area contributed by atoms with E-state index in [1.54, 1.807) is 7.05 Å². The molecule has 0 aliphatic rings. The van der Waals surface area contributed by atoms with Gasteiger partial charge in [0.1, 0.15) is 5.75 Å². The van der Waals surface area contributed by atoms with Gasteiger partial charge in [-0.05, 0) is 22.9 Å². The molecule has 6 nitrogen and oxygen atoms in total. The van der Waals surface area contributed by atoms with Crippen molar-refractivity contribution >= 4 is 0 Å². The van der Waals surface area contributed by atoms with Crippen LogP contribution in [0.5, 0.6) is 5.75 Å². The highest BCUT2D eigenvalue weighted by atomic mass is 16.5. The van der Waals surface area contributed by atoms with Crippen molar-refractivity contribution in [2.75, 3.05) is 0 Å². The summed E-state index contributed by atoms with van der Waals surface area (Å²) < 4.78 is 5.49. The number of aryl methyl sites for hydroxylation is 1. The molecule has 16 heavy (non-hydrogen) atoms. The van der Waals surface area contributed by atoms with E-state index in [0.29, 0.717) is 19.0 Å². The number of nitrogens with two attached hydrogens (primary N) is 1. The molecule has 84 valence electrons. The molecular weight excluding hydrogens is 206 g/mol. The van der Waals surface area contributed by atoms with Crippen molar-refractivity contribution in [3.8, 4) is 5.75 Å². The second-order valence-corrected chi connectivity index (χ2v) is 3.33. The maximum absolute atomic E-state index is 5.50. The van der Waals surface area contributed by atoms with Gasteiger partial charge in [0.15, 0.2) is 6.61 Å². The quantitative estimate of drug-likeness (QED) is 0.797. The highest BCUT2D eigenvalue weighted by Gasteiger charge is 2.01. The fraction of sp³-hybridized carbons (Fsp3) is 0.300. The zero-order valence-electron chi connectivity index (χ0n) is 9.00. The SMILES string of the molecule is Cn1nnc(COc2ccc(CN)cc2)n1. The summed E-state index contributed by atoms with van der Waals surface area (Å²) in [4.78, 5) is 1.40. The van der Waals surface area contributed by atoms with Gasteiger partial charge < -0.3 is 10.5 Å². The highest BCUT2D eigenvalue weighted by Crippen LogP contribution is 2.12. The molecule has 0 spiro atoms. The summed E-state index contributed by atoms with van der Waals surface area (Å²) in [6.07, 6.45) is 0. The lowest BCUT2D eigenvalue weighted by Gasteiger charge is -2.03. The Balaban J connectivity index is 1.94. The molecule has 0 saturated heterocycles. The molecule has 0 atom stereocenters. The first kappa shape index (κ1) is 10.6. The van der Waals surface area contributed by atoms with Gasteiger partial charge in [0.2, 0.25) is 5.82 Å². The molecule has 6 heteroatoms. The standard InChI is InChI=1S/C10H13N5O/c1-15-13-10(12-14-15)7-16-9-4-2-8(6-11)3-5-9/h2-5H,6-7,11H2,1H3. The predicted molar refractivity (Wildman–Crippen MR) is 57.5 cm³/mol. The summed E-state index contributed by atoms with van der Waals surface area (Å²) in [5.74, 6) is 1.33. The van der Waals surface area contributed by atoms with Crippen molar-refractivity contribution in [3.05, 3.63) is 35.7 Å². The van der Waals surface area contributed by atoms with Crippen molar-refractivity contribution in [2.24, 2.45) is 12.8 Å². The van der Waals surface area contributed by atoms with E-state index in [9.17, 15) is 0 Å². The van der Waals surface area contributed by atoms with Crippen LogP contribution in [0, 0.1) is 0 Å². The Morgan fingerprint density at radius 2 is 2.06 bits per heavy atom. The van der Waals surface area contributed by atoms with Crippen LogP contribution in [-0.2, 0) is 20.2 Å². The Bertz CT molecular complexity index is 450. The largest absolute Gasteiger partial charge is 0.485 e. The molecule has 0 unspecified atom stereocenters. The molecule has 0 aliphatic carbocycles. The van der Waals surface area contributed by atoms with Crippen molar-refractivity contribution in [1.29, 1.82) is 0 Å². The van der Waals surface area contributed by atoms with Crippen LogP contribution < -0.4 is 10.5 Å². The number of benzene rings is 1. The Kier molecular flexibility index (Phi) is 3.11. The Morgan fingerprint density at radius 3 is 2.62 bits per heavy atom. The average Bonchev–Trinajstić information content (AvgIpc) is 2.73. The van der Waals surface area contributed by atoms with Gasteiger partial charge in [-0.15, -0.1) is 10.2 Å². The van der Waals surface area contributed by atoms with Crippen LogP contribution in [0.2, 0.25) is 0 Å². The molecule has 0 radical (unpaired) electrons. The van der Waals surface area contributed by atoms with Crippen LogP contribution in [0.25, 0.3) is 0 Å². The third-order valence-corrected chi connectivity index (χ3v) is 2.08. The summed E-state index contributed by atoms with van der Waals surface area (Å²) in [7, 11) is 1.71. The van der Waals surface area contributed by atoms with E-state index in [1.165, 1.54) is 4.80 Å². The summed E-state index contributed by atoms with van der Waals surface area (Å²) in [6.45, 7) is 0.849. The molecule has 0 amide bonds. The van der Waals surface area contributed by atoms with Crippen molar-refractivity contribution in [2.45, 2.75) is 13.2 Å². The molecule has 0 saturated carbocycles. The topological polar surface area (TPSA) is 78.8 Å². The normalized spacial score (nSPS) is 10.4. The third-order valence-electron chi connectivity index (χ3n) is 2.08. The van der Waals surface area contributed by atoms with Crippen molar-refractivity contribution < 1.29 is 4.74 Å². The van der Waals surface area contributed by atoms with Gasteiger partial charge in [-0.3, -0.25) is 0 Å². The minimum atomic E-state index is 0.315. The number of aromatic nitrogens is 4. The van der Waals surface area contributed by atoms with Gasteiger partial charge in [-0.1, -0.05) is 12.1 Å². The van der Waals surface area contributed by atoms with Crippen LogP contribution in [0.15, 0.2) is 24.3 Å². The lowest BCUT2D eigenvalue weighted by atomic mass is 10.2. The van der Waals surface area contributed by atoms with Gasteiger partial charge in [0.05, 0.1) is 7.05 Å². The first-order chi connectivity index (χ1) is 7.78. The number of nitrogens with zero attached hydrogens (tertiary/aromatic N) is 4. The Hall–Kier alpha value is -1.95. The molecule has 0 fully saturated rings. The molecule has 0 aliphatic heterocycles. The van der Waals surface area contributed by atoms with E-state index >= 15 is 0 Å².